The van der Waals surface area contributed by atoms with E-state index in [2.05, 4.69) is 0 Å². The van der Waals surface area contributed by atoms with Crippen molar-refractivity contribution in [2.45, 2.75) is 18.9 Å². The molecule has 2 aromatic rings. The van der Waals surface area contributed by atoms with Crippen LogP contribution in [0, 0.1) is 0 Å². The summed E-state index contributed by atoms with van der Waals surface area (Å²) in [6.07, 6.45) is -4.41. The highest BCUT2D eigenvalue weighted by molar-refractivity contribution is 8.54. The summed E-state index contributed by atoms with van der Waals surface area (Å²) < 4.78 is 61.6. The third-order valence-corrected chi connectivity index (χ3v) is 6.55. The number of hydrogen-bond acceptors (Lipinski definition) is 4. The van der Waals surface area contributed by atoms with Gasteiger partial charge >= 0.3 is 13.0 Å². The number of para-hydroxylation sites is 1. The van der Waals surface area contributed by atoms with E-state index in [-0.39, 0.29) is 12.4 Å². The molecule has 2 rings (SSSR count). The summed E-state index contributed by atoms with van der Waals surface area (Å²) in [6, 6.07) is 13.4. The summed E-state index contributed by atoms with van der Waals surface area (Å²) >= 11 is 0.859. The van der Waals surface area contributed by atoms with Crippen molar-refractivity contribution in [1.82, 2.24) is 0 Å². The van der Waals surface area contributed by atoms with Crippen LogP contribution in [0.2, 0.25) is 0 Å². The van der Waals surface area contributed by atoms with Crippen molar-refractivity contribution >= 4 is 18.2 Å². The largest absolute Gasteiger partial charge is 0.440 e. The van der Waals surface area contributed by atoms with Crippen molar-refractivity contribution in [3.8, 4) is 5.75 Å². The highest BCUT2D eigenvalue weighted by atomic mass is 32.7. The molecular weight excluding hydrogens is 360 g/mol. The summed E-state index contributed by atoms with van der Waals surface area (Å²) in [5, 5.41) is 0. The Morgan fingerprint density at radius 1 is 1.08 bits per heavy atom. The molecule has 0 saturated carbocycles. The minimum absolute atomic E-state index is 0.0774. The lowest BCUT2D eigenvalue weighted by Gasteiger charge is -2.18. The quantitative estimate of drug-likeness (QED) is 0.542. The fraction of sp³-hybridized carbons (Fsp3) is 0.250. The van der Waals surface area contributed by atoms with Gasteiger partial charge in [-0.05, 0) is 42.1 Å². The van der Waals surface area contributed by atoms with Gasteiger partial charge in [0, 0.05) is 5.75 Å². The van der Waals surface area contributed by atoms with Crippen molar-refractivity contribution in [2.75, 3.05) is 6.61 Å². The van der Waals surface area contributed by atoms with Crippen LogP contribution in [0.25, 0.3) is 0 Å². The molecular formula is C16H16F3O3PS. The zero-order valence-electron chi connectivity index (χ0n) is 12.8. The van der Waals surface area contributed by atoms with Crippen LogP contribution in [0.4, 0.5) is 13.2 Å². The molecule has 8 heteroatoms. The first kappa shape index (κ1) is 18.9. The van der Waals surface area contributed by atoms with E-state index in [1.54, 1.807) is 43.3 Å². The van der Waals surface area contributed by atoms with E-state index in [1.165, 1.54) is 6.07 Å². The maximum atomic E-state index is 12.7. The Hall–Kier alpha value is -1.43. The molecule has 2 aromatic carbocycles. The Bertz CT molecular complexity index is 707. The summed E-state index contributed by atoms with van der Waals surface area (Å²) in [6.45, 7) is -1.69. The van der Waals surface area contributed by atoms with Crippen LogP contribution in [-0.4, -0.2) is 6.61 Å². The summed E-state index contributed by atoms with van der Waals surface area (Å²) in [5.41, 5.74) is -0.345. The van der Waals surface area contributed by atoms with E-state index in [0.717, 1.165) is 23.5 Å². The average molecular weight is 376 g/mol. The van der Waals surface area contributed by atoms with Gasteiger partial charge in [0.2, 0.25) is 0 Å². The number of halogens is 3. The van der Waals surface area contributed by atoms with Gasteiger partial charge in [-0.1, -0.05) is 36.4 Å². The van der Waals surface area contributed by atoms with E-state index < -0.39 is 18.5 Å². The molecule has 0 amide bonds. The smallest absolute Gasteiger partial charge is 0.417 e. The Morgan fingerprint density at radius 2 is 1.79 bits per heavy atom. The SMILES string of the molecule is CCOP(=O)(Oc1ccccc1)SCc1cccc(C(F)(F)F)c1. The second-order valence-corrected chi connectivity index (χ2v) is 8.74. The molecule has 24 heavy (non-hydrogen) atoms. The monoisotopic (exact) mass is 376 g/mol. The van der Waals surface area contributed by atoms with Crippen LogP contribution in [-0.2, 0) is 21.0 Å². The topological polar surface area (TPSA) is 35.5 Å². The summed E-state index contributed by atoms with van der Waals surface area (Å²) in [4.78, 5) is 0. The van der Waals surface area contributed by atoms with Gasteiger partial charge in [0.1, 0.15) is 5.75 Å². The molecule has 0 radical (unpaired) electrons. The normalized spacial score (nSPS) is 14.2. The van der Waals surface area contributed by atoms with Crippen molar-refractivity contribution in [1.29, 1.82) is 0 Å². The minimum atomic E-state index is -4.41. The molecule has 0 aliphatic rings. The van der Waals surface area contributed by atoms with Crippen molar-refractivity contribution in [3.05, 3.63) is 65.7 Å². The van der Waals surface area contributed by atoms with Crippen molar-refractivity contribution in [3.63, 3.8) is 0 Å². The van der Waals surface area contributed by atoms with Gasteiger partial charge in [-0.25, -0.2) is 4.57 Å². The first-order chi connectivity index (χ1) is 11.3. The summed E-state index contributed by atoms with van der Waals surface area (Å²) in [7, 11) is 0. The lowest BCUT2D eigenvalue weighted by Crippen LogP contribution is -2.05. The van der Waals surface area contributed by atoms with Gasteiger partial charge in [-0.15, -0.1) is 0 Å². The molecule has 3 nitrogen and oxygen atoms in total. The Labute approximate surface area is 142 Å². The van der Waals surface area contributed by atoms with E-state index in [1.807, 2.05) is 0 Å². The van der Waals surface area contributed by atoms with Crippen LogP contribution >= 0.6 is 18.2 Å². The van der Waals surface area contributed by atoms with Crippen LogP contribution in [0.1, 0.15) is 18.1 Å². The van der Waals surface area contributed by atoms with Gasteiger partial charge < -0.3 is 4.52 Å². The fourth-order valence-electron chi connectivity index (χ4n) is 1.85. The fourth-order valence-corrected chi connectivity index (χ4v) is 5.09. The molecule has 0 aliphatic heterocycles. The number of rotatable bonds is 7. The van der Waals surface area contributed by atoms with Gasteiger partial charge in [-0.3, -0.25) is 4.52 Å². The van der Waals surface area contributed by atoms with E-state index in [9.17, 15) is 17.7 Å². The van der Waals surface area contributed by atoms with Gasteiger partial charge in [0.05, 0.1) is 12.2 Å². The highest BCUT2D eigenvalue weighted by Gasteiger charge is 2.31. The van der Waals surface area contributed by atoms with E-state index in [4.69, 9.17) is 9.05 Å². The predicted molar refractivity (Wildman–Crippen MR) is 89.0 cm³/mol. The van der Waals surface area contributed by atoms with Crippen LogP contribution in [0.5, 0.6) is 5.75 Å². The Kier molecular flexibility index (Phi) is 6.38. The molecule has 0 saturated heterocycles. The number of benzene rings is 2. The minimum Gasteiger partial charge on any atom is -0.417 e. The molecule has 0 N–H and O–H groups in total. The Morgan fingerprint density at radius 3 is 2.42 bits per heavy atom. The molecule has 1 atom stereocenters. The first-order valence-corrected chi connectivity index (χ1v) is 10.3. The molecule has 1 unspecified atom stereocenters. The lowest BCUT2D eigenvalue weighted by atomic mass is 10.1. The number of hydrogen-bond donors (Lipinski definition) is 0. The molecule has 0 spiro atoms. The highest BCUT2D eigenvalue weighted by Crippen LogP contribution is 2.61. The van der Waals surface area contributed by atoms with Gasteiger partial charge in [-0.2, -0.15) is 13.2 Å². The third-order valence-electron chi connectivity index (χ3n) is 2.89. The maximum absolute atomic E-state index is 12.7. The zero-order chi connectivity index (χ0) is 17.6. The van der Waals surface area contributed by atoms with Crippen LogP contribution in [0.3, 0.4) is 0 Å². The molecule has 0 bridgehead atoms. The van der Waals surface area contributed by atoms with Gasteiger partial charge in [0.15, 0.2) is 0 Å². The lowest BCUT2D eigenvalue weighted by molar-refractivity contribution is -0.137. The second kappa shape index (κ2) is 8.10. The zero-order valence-corrected chi connectivity index (χ0v) is 14.5. The molecule has 130 valence electrons. The Balaban J connectivity index is 2.10. The van der Waals surface area contributed by atoms with E-state index in [0.29, 0.717) is 11.3 Å². The molecule has 0 aromatic heterocycles. The van der Waals surface area contributed by atoms with Crippen LogP contribution < -0.4 is 4.52 Å². The average Bonchev–Trinajstić information content (AvgIpc) is 2.54. The summed E-state index contributed by atoms with van der Waals surface area (Å²) in [5.74, 6) is 0.458. The predicted octanol–water partition coefficient (Wildman–Crippen LogP) is 6.16. The van der Waals surface area contributed by atoms with E-state index >= 15 is 0 Å². The number of alkyl halides is 3. The van der Waals surface area contributed by atoms with Gasteiger partial charge in [0.25, 0.3) is 0 Å². The van der Waals surface area contributed by atoms with Crippen LogP contribution in [0.15, 0.2) is 54.6 Å². The van der Waals surface area contributed by atoms with Crippen molar-refractivity contribution < 1.29 is 26.8 Å². The maximum Gasteiger partial charge on any atom is 0.440 e. The van der Waals surface area contributed by atoms with Crippen molar-refractivity contribution in [2.24, 2.45) is 0 Å². The molecule has 0 aliphatic carbocycles. The third kappa shape index (κ3) is 5.58. The first-order valence-electron chi connectivity index (χ1n) is 7.12. The second-order valence-electron chi connectivity index (χ2n) is 4.74. The standard InChI is InChI=1S/C16H16F3O3PS/c1-2-21-23(20,22-15-9-4-3-5-10-15)24-12-13-7-6-8-14(11-13)16(17,18)19/h3-11H,2,12H2,1H3. The molecule has 0 heterocycles. The molecule has 0 fully saturated rings.